The Balaban J connectivity index is 1.46. The maximum atomic E-state index is 12.5. The Kier molecular flexibility index (Phi) is 6.76. The van der Waals surface area contributed by atoms with Crippen molar-refractivity contribution in [3.05, 3.63) is 42.1 Å². The van der Waals surface area contributed by atoms with Crippen molar-refractivity contribution in [1.29, 1.82) is 0 Å². The van der Waals surface area contributed by atoms with E-state index in [1.807, 2.05) is 37.3 Å². The number of nitrogens with zero attached hydrogens (tertiary/aromatic N) is 2. The third kappa shape index (κ3) is 5.50. The zero-order valence-corrected chi connectivity index (χ0v) is 15.9. The van der Waals surface area contributed by atoms with Gasteiger partial charge in [-0.25, -0.2) is 0 Å². The van der Waals surface area contributed by atoms with Gasteiger partial charge in [0.05, 0.1) is 18.5 Å². The fraction of sp³-hybridized carbons (Fsp3) is 0.476. The Labute approximate surface area is 160 Å². The van der Waals surface area contributed by atoms with Crippen LogP contribution < -0.4 is 10.6 Å². The molecule has 1 aromatic carbocycles. The van der Waals surface area contributed by atoms with Crippen LogP contribution in [0.1, 0.15) is 31.7 Å². The molecular formula is C21H28N4O2. The third-order valence-electron chi connectivity index (χ3n) is 4.96. The van der Waals surface area contributed by atoms with Crippen molar-refractivity contribution in [3.8, 4) is 0 Å². The molecule has 6 nitrogen and oxygen atoms in total. The molecule has 1 aromatic heterocycles. The van der Waals surface area contributed by atoms with Gasteiger partial charge in [0.25, 0.3) is 0 Å². The smallest absolute Gasteiger partial charge is 0.234 e. The van der Waals surface area contributed by atoms with Crippen molar-refractivity contribution < 1.29 is 9.59 Å². The van der Waals surface area contributed by atoms with Crippen LogP contribution in [0.25, 0.3) is 10.9 Å². The van der Waals surface area contributed by atoms with Crippen molar-refractivity contribution in [2.24, 2.45) is 0 Å². The Bertz CT molecular complexity index is 779. The first-order valence-electron chi connectivity index (χ1n) is 9.76. The molecule has 0 saturated carbocycles. The van der Waals surface area contributed by atoms with Gasteiger partial charge in [-0.2, -0.15) is 0 Å². The first-order chi connectivity index (χ1) is 13.2. The minimum atomic E-state index is 0.0345. The number of likely N-dealkylation sites (tertiary alicyclic amines) is 1. The van der Waals surface area contributed by atoms with Crippen LogP contribution in [-0.2, 0) is 16.0 Å². The summed E-state index contributed by atoms with van der Waals surface area (Å²) in [5.74, 6) is 0.120. The van der Waals surface area contributed by atoms with Crippen LogP contribution in [-0.4, -0.2) is 53.9 Å². The maximum Gasteiger partial charge on any atom is 0.234 e. The predicted molar refractivity (Wildman–Crippen MR) is 106 cm³/mol. The lowest BCUT2D eigenvalue weighted by Gasteiger charge is -2.31. The summed E-state index contributed by atoms with van der Waals surface area (Å²) in [5.41, 5.74) is 1.85. The van der Waals surface area contributed by atoms with Gasteiger partial charge < -0.3 is 10.6 Å². The fourth-order valence-corrected chi connectivity index (χ4v) is 3.52. The van der Waals surface area contributed by atoms with E-state index >= 15 is 0 Å². The van der Waals surface area contributed by atoms with Crippen LogP contribution >= 0.6 is 0 Å². The third-order valence-corrected chi connectivity index (χ3v) is 4.96. The average Bonchev–Trinajstić information content (AvgIpc) is 2.68. The molecule has 144 valence electrons. The Morgan fingerprint density at radius 2 is 1.93 bits per heavy atom. The van der Waals surface area contributed by atoms with Gasteiger partial charge in [0.15, 0.2) is 0 Å². The molecule has 0 aliphatic carbocycles. The molecule has 0 bridgehead atoms. The highest BCUT2D eigenvalue weighted by Crippen LogP contribution is 2.17. The lowest BCUT2D eigenvalue weighted by atomic mass is 10.0. The van der Waals surface area contributed by atoms with Gasteiger partial charge in [-0.1, -0.05) is 31.2 Å². The number of para-hydroxylation sites is 1. The van der Waals surface area contributed by atoms with E-state index in [4.69, 9.17) is 0 Å². The Morgan fingerprint density at radius 3 is 2.70 bits per heavy atom. The normalized spacial score (nSPS) is 15.6. The van der Waals surface area contributed by atoms with E-state index < -0.39 is 0 Å². The molecule has 2 N–H and O–H groups in total. The van der Waals surface area contributed by atoms with Gasteiger partial charge in [-0.05, 0) is 30.9 Å². The lowest BCUT2D eigenvalue weighted by molar-refractivity contribution is -0.124. The molecule has 0 radical (unpaired) electrons. The number of hydrogen-bond acceptors (Lipinski definition) is 4. The zero-order valence-electron chi connectivity index (χ0n) is 15.9. The number of carbonyl (C=O) groups excluding carboxylic acids is 2. The molecule has 1 aliphatic rings. The highest BCUT2D eigenvalue weighted by molar-refractivity contribution is 5.87. The minimum absolute atomic E-state index is 0.0345. The zero-order chi connectivity index (χ0) is 19.1. The molecule has 27 heavy (non-hydrogen) atoms. The average molecular weight is 368 g/mol. The molecule has 6 heteroatoms. The van der Waals surface area contributed by atoms with Crippen molar-refractivity contribution >= 4 is 22.7 Å². The summed E-state index contributed by atoms with van der Waals surface area (Å²) < 4.78 is 0. The van der Waals surface area contributed by atoms with E-state index in [0.29, 0.717) is 13.0 Å². The molecule has 0 unspecified atom stereocenters. The number of nitrogens with one attached hydrogen (secondary N) is 2. The summed E-state index contributed by atoms with van der Waals surface area (Å²) in [5, 5.41) is 7.11. The minimum Gasteiger partial charge on any atom is -0.355 e. The molecule has 0 spiro atoms. The molecule has 3 rings (SSSR count). The number of fused-ring (bicyclic) bond motifs is 1. The number of amides is 2. The van der Waals surface area contributed by atoms with Crippen LogP contribution in [0.15, 0.2) is 36.5 Å². The van der Waals surface area contributed by atoms with Gasteiger partial charge >= 0.3 is 0 Å². The van der Waals surface area contributed by atoms with E-state index in [2.05, 4.69) is 20.5 Å². The first-order valence-corrected chi connectivity index (χ1v) is 9.76. The number of aromatic nitrogens is 1. The second-order valence-corrected chi connectivity index (χ2v) is 7.14. The summed E-state index contributed by atoms with van der Waals surface area (Å²) >= 11 is 0. The number of carbonyl (C=O) groups is 2. The molecule has 2 amide bonds. The van der Waals surface area contributed by atoms with Crippen LogP contribution in [0.5, 0.6) is 0 Å². The first kappa shape index (κ1) is 19.3. The van der Waals surface area contributed by atoms with Crippen LogP contribution in [0.2, 0.25) is 0 Å². The number of rotatable bonds is 7. The van der Waals surface area contributed by atoms with Crippen LogP contribution in [0.4, 0.5) is 0 Å². The largest absolute Gasteiger partial charge is 0.355 e. The quantitative estimate of drug-likeness (QED) is 0.783. The maximum absolute atomic E-state index is 12.5. The monoisotopic (exact) mass is 368 g/mol. The second kappa shape index (κ2) is 9.46. The van der Waals surface area contributed by atoms with Crippen LogP contribution in [0.3, 0.4) is 0 Å². The SMILES string of the molecule is CCCNC(=O)CN1CCC(NC(=O)Cc2cccc3cccnc23)CC1. The van der Waals surface area contributed by atoms with Crippen molar-refractivity contribution in [2.45, 2.75) is 38.6 Å². The van der Waals surface area contributed by atoms with E-state index in [1.54, 1.807) is 6.20 Å². The molecule has 1 aliphatic heterocycles. The molecule has 2 heterocycles. The lowest BCUT2D eigenvalue weighted by Crippen LogP contribution is -2.47. The number of hydrogen-bond donors (Lipinski definition) is 2. The highest BCUT2D eigenvalue weighted by atomic mass is 16.2. The predicted octanol–water partition coefficient (Wildman–Crippen LogP) is 1.88. The topological polar surface area (TPSA) is 74.3 Å². The van der Waals surface area contributed by atoms with Gasteiger partial charge in [-0.3, -0.25) is 19.5 Å². The molecule has 1 fully saturated rings. The Morgan fingerprint density at radius 1 is 1.15 bits per heavy atom. The summed E-state index contributed by atoms with van der Waals surface area (Å²) in [6.45, 7) is 4.89. The summed E-state index contributed by atoms with van der Waals surface area (Å²) in [4.78, 5) is 30.9. The fourth-order valence-electron chi connectivity index (χ4n) is 3.52. The number of pyridine rings is 1. The summed E-state index contributed by atoms with van der Waals surface area (Å²) in [6, 6.07) is 10.0. The standard InChI is InChI=1S/C21H28N4O2/c1-2-10-22-20(27)15-25-12-8-18(9-13-25)24-19(26)14-17-6-3-5-16-7-4-11-23-21(16)17/h3-7,11,18H,2,8-10,12-15H2,1H3,(H,22,27)(H,24,26). The van der Waals surface area contributed by atoms with Gasteiger partial charge in [0.1, 0.15) is 0 Å². The molecular weight excluding hydrogens is 340 g/mol. The van der Waals surface area contributed by atoms with Crippen molar-refractivity contribution in [1.82, 2.24) is 20.5 Å². The van der Waals surface area contributed by atoms with Gasteiger partial charge in [0.2, 0.25) is 11.8 Å². The molecule has 0 atom stereocenters. The summed E-state index contributed by atoms with van der Waals surface area (Å²) in [7, 11) is 0. The molecule has 1 saturated heterocycles. The highest BCUT2D eigenvalue weighted by Gasteiger charge is 2.22. The van der Waals surface area contributed by atoms with Gasteiger partial charge in [-0.15, -0.1) is 0 Å². The van der Waals surface area contributed by atoms with Crippen molar-refractivity contribution in [2.75, 3.05) is 26.2 Å². The summed E-state index contributed by atoms with van der Waals surface area (Å²) in [6.07, 6.45) is 4.80. The van der Waals surface area contributed by atoms with Crippen LogP contribution in [0, 0.1) is 0 Å². The molecule has 2 aromatic rings. The second-order valence-electron chi connectivity index (χ2n) is 7.14. The number of piperidine rings is 1. The van der Waals surface area contributed by atoms with Crippen molar-refractivity contribution in [3.63, 3.8) is 0 Å². The van der Waals surface area contributed by atoms with E-state index in [0.717, 1.165) is 55.4 Å². The van der Waals surface area contributed by atoms with E-state index in [9.17, 15) is 9.59 Å². The number of benzene rings is 1. The Hall–Kier alpha value is -2.47. The van der Waals surface area contributed by atoms with E-state index in [1.165, 1.54) is 0 Å². The van der Waals surface area contributed by atoms with Gasteiger partial charge in [0, 0.05) is 37.3 Å². The van der Waals surface area contributed by atoms with E-state index in [-0.39, 0.29) is 17.9 Å².